The predicted molar refractivity (Wildman–Crippen MR) is 193 cm³/mol. The van der Waals surface area contributed by atoms with Gasteiger partial charge in [-0.2, -0.15) is 0 Å². The highest BCUT2D eigenvalue weighted by molar-refractivity contribution is 5.91. The van der Waals surface area contributed by atoms with Crippen molar-refractivity contribution < 1.29 is 45.3 Å². The molecule has 0 heterocycles. The Morgan fingerprint density at radius 2 is 1.13 bits per heavy atom. The molecule has 9 heteroatoms. The number of carbonyl (C=O) groups is 1. The summed E-state index contributed by atoms with van der Waals surface area (Å²) in [5, 5.41) is 72.3. The summed E-state index contributed by atoms with van der Waals surface area (Å²) in [7, 11) is 0. The third-order valence-corrected chi connectivity index (χ3v) is 14.7. The van der Waals surface area contributed by atoms with Gasteiger partial charge in [-0.3, -0.25) is 0 Å². The molecule has 0 saturated heterocycles. The number of aryl methyl sites for hydroxylation is 2. The van der Waals surface area contributed by atoms with Gasteiger partial charge in [-0.05, 0) is 146 Å². The van der Waals surface area contributed by atoms with Gasteiger partial charge in [0.15, 0.2) is 0 Å². The first kappa shape index (κ1) is 35.7. The lowest BCUT2D eigenvalue weighted by atomic mass is 9.55. The molecule has 6 aliphatic rings. The third kappa shape index (κ3) is 5.54. The van der Waals surface area contributed by atoms with Gasteiger partial charge in [-0.1, -0.05) is 44.2 Å². The van der Waals surface area contributed by atoms with Gasteiger partial charge in [0, 0.05) is 10.8 Å². The number of benzene rings is 3. The molecule has 7 N–H and O–H groups in total. The van der Waals surface area contributed by atoms with E-state index in [1.807, 2.05) is 56.3 Å². The monoisotopic (exact) mass is 712 g/mol. The topological polar surface area (TPSA) is 168 Å². The summed E-state index contributed by atoms with van der Waals surface area (Å²) in [6.45, 7) is 4.03. The number of phenols is 1. The summed E-state index contributed by atoms with van der Waals surface area (Å²) in [4.78, 5) is 12.4. The molecule has 6 unspecified atom stereocenters. The van der Waals surface area contributed by atoms with Gasteiger partial charge in [0.05, 0.1) is 30.0 Å². The number of aromatic hydroxyl groups is 1. The van der Waals surface area contributed by atoms with Crippen LogP contribution in [0.15, 0.2) is 66.7 Å². The van der Waals surface area contributed by atoms with Crippen molar-refractivity contribution in [2.45, 2.75) is 114 Å². The van der Waals surface area contributed by atoms with Gasteiger partial charge in [0.1, 0.15) is 23.7 Å². The zero-order chi connectivity index (χ0) is 36.7. The fourth-order valence-corrected chi connectivity index (χ4v) is 12.0. The van der Waals surface area contributed by atoms with E-state index >= 15 is 0 Å². The van der Waals surface area contributed by atoms with Crippen LogP contribution in [0.25, 0.3) is 0 Å². The molecule has 0 aromatic heterocycles. The summed E-state index contributed by atoms with van der Waals surface area (Å²) in [6.07, 6.45) is 1.49. The van der Waals surface area contributed by atoms with Gasteiger partial charge >= 0.3 is 5.97 Å². The van der Waals surface area contributed by atoms with Gasteiger partial charge < -0.3 is 40.5 Å². The third-order valence-electron chi connectivity index (χ3n) is 14.7. The molecule has 4 saturated carbocycles. The van der Waals surface area contributed by atoms with Crippen molar-refractivity contribution in [3.05, 3.63) is 94.5 Å². The Labute approximate surface area is 304 Å². The molecule has 0 radical (unpaired) electrons. The minimum Gasteiger partial charge on any atom is -0.508 e. The van der Waals surface area contributed by atoms with Crippen molar-refractivity contribution in [1.82, 2.24) is 0 Å². The largest absolute Gasteiger partial charge is 0.508 e. The molecule has 14 atom stereocenters. The number of aliphatic hydroxyl groups excluding tert-OH is 6. The highest BCUT2D eigenvalue weighted by Crippen LogP contribution is 2.62. The van der Waals surface area contributed by atoms with Crippen LogP contribution in [-0.4, -0.2) is 78.3 Å². The van der Waals surface area contributed by atoms with E-state index in [1.165, 1.54) is 22.3 Å². The molecule has 278 valence electrons. The van der Waals surface area contributed by atoms with Crippen molar-refractivity contribution in [1.29, 1.82) is 0 Å². The number of aliphatic hydroxyl groups is 6. The highest BCUT2D eigenvalue weighted by atomic mass is 16.5. The van der Waals surface area contributed by atoms with Crippen LogP contribution in [0, 0.1) is 34.5 Å². The fourth-order valence-electron chi connectivity index (χ4n) is 12.0. The quantitative estimate of drug-likeness (QED) is 0.148. The number of esters is 1. The minimum absolute atomic E-state index is 0.0572. The Bertz CT molecular complexity index is 1810. The highest BCUT2D eigenvalue weighted by Gasteiger charge is 2.63. The van der Waals surface area contributed by atoms with Crippen LogP contribution in [0.4, 0.5) is 0 Å². The van der Waals surface area contributed by atoms with Crippen LogP contribution in [0.3, 0.4) is 0 Å². The number of phenolic OH excluding ortho intramolecular Hbond substituents is 1. The first-order valence-corrected chi connectivity index (χ1v) is 19.1. The van der Waals surface area contributed by atoms with Crippen LogP contribution < -0.4 is 4.74 Å². The minimum atomic E-state index is -1.07. The summed E-state index contributed by atoms with van der Waals surface area (Å²) in [5.41, 5.74) is 4.60. The van der Waals surface area contributed by atoms with E-state index in [0.29, 0.717) is 23.0 Å². The molecular weight excluding hydrogens is 660 g/mol. The molecule has 4 fully saturated rings. The molecule has 0 aliphatic heterocycles. The molecule has 3 aromatic rings. The molecule has 0 bridgehead atoms. The van der Waals surface area contributed by atoms with E-state index < -0.39 is 47.5 Å². The second-order valence-corrected chi connectivity index (χ2v) is 17.1. The molecule has 9 nitrogen and oxygen atoms in total. The van der Waals surface area contributed by atoms with Gasteiger partial charge in [0.25, 0.3) is 0 Å². The first-order chi connectivity index (χ1) is 24.8. The van der Waals surface area contributed by atoms with E-state index in [-0.39, 0.29) is 35.6 Å². The van der Waals surface area contributed by atoms with E-state index in [9.17, 15) is 40.5 Å². The van der Waals surface area contributed by atoms with Crippen molar-refractivity contribution in [3.63, 3.8) is 0 Å². The van der Waals surface area contributed by atoms with Crippen molar-refractivity contribution >= 4 is 5.97 Å². The van der Waals surface area contributed by atoms with Crippen LogP contribution in [-0.2, 0) is 12.8 Å². The lowest BCUT2D eigenvalue weighted by molar-refractivity contribution is -0.0505. The normalized spacial score (nSPS) is 41.2. The van der Waals surface area contributed by atoms with Gasteiger partial charge in [0.2, 0.25) is 0 Å². The average Bonchev–Trinajstić information content (AvgIpc) is 3.44. The standard InChI is InChI=1S/C25H28O5.C18H24O4/c1-25-12-11-18-17-10-8-16(30-24(29)14-5-3-2-4-6-14)13-15(17)7-9-19(18)20(25)21(26)22(27)23(25)28;1-18-7-6-12-11-5-3-10(19)8-9(11)2-4-13(12)14(18)15(20)16(21)17(18)22/h2-6,8,10,13,18-23,26-28H,7,9,11-12H2,1H3;3,5,8,12-17,19-22H,2,4,6-7H2,1H3/t18?,19?,20?,21-,22-,23+,25+;12?,13?,14?,15-,16-,17+,18+/m11/s1. The summed E-state index contributed by atoms with van der Waals surface area (Å²) >= 11 is 0. The first-order valence-electron chi connectivity index (χ1n) is 19.1. The molecule has 3 aromatic carbocycles. The van der Waals surface area contributed by atoms with E-state index in [2.05, 4.69) is 6.07 Å². The number of hydrogen-bond acceptors (Lipinski definition) is 9. The van der Waals surface area contributed by atoms with Crippen LogP contribution in [0.5, 0.6) is 11.5 Å². The Kier molecular flexibility index (Phi) is 9.08. The maximum absolute atomic E-state index is 12.4. The average molecular weight is 713 g/mol. The Morgan fingerprint density at radius 1 is 0.635 bits per heavy atom. The van der Waals surface area contributed by atoms with E-state index in [4.69, 9.17) is 4.74 Å². The van der Waals surface area contributed by atoms with Gasteiger partial charge in [-0.15, -0.1) is 0 Å². The Balaban J connectivity index is 0.000000156. The molecule has 9 rings (SSSR count). The number of rotatable bonds is 2. The predicted octanol–water partition coefficient (Wildman–Crippen LogP) is 4.62. The lowest BCUT2D eigenvalue weighted by Gasteiger charge is -2.50. The zero-order valence-electron chi connectivity index (χ0n) is 29.9. The van der Waals surface area contributed by atoms with Crippen LogP contribution >= 0.6 is 0 Å². The smallest absolute Gasteiger partial charge is 0.343 e. The zero-order valence-corrected chi connectivity index (χ0v) is 29.9. The molecule has 0 spiro atoms. The number of fused-ring (bicyclic) bond motifs is 10. The summed E-state index contributed by atoms with van der Waals surface area (Å²) in [5.74, 6) is 1.50. The van der Waals surface area contributed by atoms with Crippen molar-refractivity contribution in [2.75, 3.05) is 0 Å². The molecular formula is C43H52O9. The maximum atomic E-state index is 12.4. The van der Waals surface area contributed by atoms with Crippen molar-refractivity contribution in [3.8, 4) is 11.5 Å². The fraction of sp³-hybridized carbons (Fsp3) is 0.558. The molecule has 0 amide bonds. The van der Waals surface area contributed by atoms with Crippen LogP contribution in [0.2, 0.25) is 0 Å². The SMILES string of the molecule is C[C@]12CCC3c4ccc(O)cc4CCC3C1[C@@H](O)[C@@H](O)[C@@H]2O.C[C@]12CCC3c4ccc(OC(=O)c5ccccc5)cc4CCC3C1[C@@H](O)[C@@H](O)[C@@H]2O. The van der Waals surface area contributed by atoms with Crippen molar-refractivity contribution in [2.24, 2.45) is 34.5 Å². The van der Waals surface area contributed by atoms with Crippen LogP contribution in [0.1, 0.15) is 96.8 Å². The molecule has 6 aliphatic carbocycles. The Hall–Kier alpha value is -3.31. The Morgan fingerprint density at radius 3 is 1.67 bits per heavy atom. The summed E-state index contributed by atoms with van der Waals surface area (Å²) < 4.78 is 5.59. The number of carbonyl (C=O) groups excluding carboxylic acids is 1. The second kappa shape index (κ2) is 13.2. The van der Waals surface area contributed by atoms with E-state index in [0.717, 1.165) is 51.4 Å². The molecule has 52 heavy (non-hydrogen) atoms. The second-order valence-electron chi connectivity index (χ2n) is 17.1. The number of ether oxygens (including phenoxy) is 1. The summed E-state index contributed by atoms with van der Waals surface area (Å²) in [6, 6.07) is 20.4. The van der Waals surface area contributed by atoms with E-state index in [1.54, 1.807) is 18.2 Å². The van der Waals surface area contributed by atoms with Gasteiger partial charge in [-0.25, -0.2) is 4.79 Å². The lowest BCUT2D eigenvalue weighted by Crippen LogP contribution is -2.46. The maximum Gasteiger partial charge on any atom is 0.343 e. The number of hydrogen-bond donors (Lipinski definition) is 7.